The standard InChI is InChI=1S/C17H25NO2S3.C4H10S2/c1-2-3-7-12-18-16(19)10-13-21-22-14-11-17(20)23-15-8-5-4-6-9-15;1-3-5-6-4-2/h4-6,8-9H,2-3,7,10-14H2,1H3,(H,18,19);3-4H2,1-2H3. The lowest BCUT2D eigenvalue weighted by atomic mass is 10.2. The third kappa shape index (κ3) is 21.1. The summed E-state index contributed by atoms with van der Waals surface area (Å²) in [7, 11) is 7.19. The Morgan fingerprint density at radius 1 is 0.828 bits per heavy atom. The van der Waals surface area contributed by atoms with Crippen LogP contribution in [0, 0.1) is 0 Å². The molecule has 0 aliphatic carbocycles. The first-order chi connectivity index (χ1) is 14.1. The van der Waals surface area contributed by atoms with E-state index in [1.165, 1.54) is 36.1 Å². The zero-order valence-corrected chi connectivity index (χ0v) is 21.9. The third-order valence-electron chi connectivity index (χ3n) is 3.28. The second-order valence-corrected chi connectivity index (χ2v) is 12.7. The molecule has 0 atom stereocenters. The zero-order valence-electron chi connectivity index (χ0n) is 17.8. The first kappa shape index (κ1) is 29.1. The van der Waals surface area contributed by atoms with E-state index in [-0.39, 0.29) is 11.0 Å². The van der Waals surface area contributed by atoms with E-state index in [2.05, 4.69) is 26.1 Å². The van der Waals surface area contributed by atoms with E-state index in [4.69, 9.17) is 0 Å². The molecule has 0 saturated heterocycles. The molecule has 0 fully saturated rings. The highest BCUT2D eigenvalue weighted by atomic mass is 33.1. The van der Waals surface area contributed by atoms with Gasteiger partial charge in [-0.1, -0.05) is 107 Å². The van der Waals surface area contributed by atoms with Crippen molar-refractivity contribution in [3.05, 3.63) is 30.3 Å². The van der Waals surface area contributed by atoms with Gasteiger partial charge in [0.15, 0.2) is 5.12 Å². The summed E-state index contributed by atoms with van der Waals surface area (Å²) in [5.41, 5.74) is 0. The maximum absolute atomic E-state index is 11.8. The molecule has 0 bridgehead atoms. The van der Waals surface area contributed by atoms with Gasteiger partial charge in [0.2, 0.25) is 5.91 Å². The number of amides is 1. The van der Waals surface area contributed by atoms with Crippen molar-refractivity contribution in [1.29, 1.82) is 0 Å². The number of thioether (sulfide) groups is 1. The molecule has 1 N–H and O–H groups in total. The van der Waals surface area contributed by atoms with Crippen LogP contribution in [0.15, 0.2) is 35.2 Å². The molecule has 0 aliphatic heterocycles. The summed E-state index contributed by atoms with van der Waals surface area (Å²) in [6.07, 6.45) is 4.51. The molecule has 0 aromatic heterocycles. The van der Waals surface area contributed by atoms with Crippen LogP contribution in [0.1, 0.15) is 52.9 Å². The first-order valence-corrected chi connectivity index (χ1v) is 15.9. The lowest BCUT2D eigenvalue weighted by molar-refractivity contribution is -0.120. The largest absolute Gasteiger partial charge is 0.356 e. The minimum Gasteiger partial charge on any atom is -0.356 e. The van der Waals surface area contributed by atoms with Crippen molar-refractivity contribution in [2.45, 2.75) is 57.8 Å². The molecule has 0 aliphatic rings. The predicted octanol–water partition coefficient (Wildman–Crippen LogP) is 7.18. The fourth-order valence-corrected chi connectivity index (χ4v) is 6.11. The van der Waals surface area contributed by atoms with Crippen LogP contribution in [0.25, 0.3) is 0 Å². The van der Waals surface area contributed by atoms with Crippen LogP contribution >= 0.6 is 54.9 Å². The number of carbonyl (C=O) groups excluding carboxylic acids is 2. The number of hydrogen-bond acceptors (Lipinski definition) is 7. The lowest BCUT2D eigenvalue weighted by Gasteiger charge is -2.04. The van der Waals surface area contributed by atoms with Crippen molar-refractivity contribution in [3.63, 3.8) is 0 Å². The normalized spacial score (nSPS) is 10.2. The molecule has 1 amide bonds. The molecule has 0 radical (unpaired) electrons. The summed E-state index contributed by atoms with van der Waals surface area (Å²) < 4.78 is 0. The lowest BCUT2D eigenvalue weighted by Crippen LogP contribution is -2.24. The Morgan fingerprint density at radius 3 is 2.03 bits per heavy atom. The number of nitrogens with one attached hydrogen (secondary N) is 1. The Bertz CT molecular complexity index is 513. The topological polar surface area (TPSA) is 46.2 Å². The maximum atomic E-state index is 11.8. The summed E-state index contributed by atoms with van der Waals surface area (Å²) in [5.74, 6) is 4.19. The summed E-state index contributed by atoms with van der Waals surface area (Å²) in [5, 5.41) is 3.13. The van der Waals surface area contributed by atoms with Gasteiger partial charge >= 0.3 is 0 Å². The van der Waals surface area contributed by atoms with Crippen molar-refractivity contribution < 1.29 is 9.59 Å². The van der Waals surface area contributed by atoms with Crippen LogP contribution in [0.2, 0.25) is 0 Å². The van der Waals surface area contributed by atoms with Crippen LogP contribution in [-0.2, 0) is 9.59 Å². The summed E-state index contributed by atoms with van der Waals surface area (Å²) >= 11 is 1.30. The SMILES string of the molecule is CCCCCNC(=O)CCSSCCC(=O)Sc1ccccc1.CCSSCC. The van der Waals surface area contributed by atoms with Crippen molar-refractivity contribution in [2.24, 2.45) is 0 Å². The second kappa shape index (κ2) is 22.8. The Balaban J connectivity index is 0.00000113. The van der Waals surface area contributed by atoms with Crippen LogP contribution in [-0.4, -0.2) is 40.6 Å². The average molecular weight is 494 g/mol. The van der Waals surface area contributed by atoms with Crippen molar-refractivity contribution in [1.82, 2.24) is 5.32 Å². The maximum Gasteiger partial charge on any atom is 0.220 e. The average Bonchev–Trinajstić information content (AvgIpc) is 2.73. The van der Waals surface area contributed by atoms with Gasteiger partial charge in [0.25, 0.3) is 0 Å². The molecule has 0 saturated carbocycles. The Hall–Kier alpha value is 0.110. The molecule has 166 valence electrons. The van der Waals surface area contributed by atoms with E-state index in [1.54, 1.807) is 21.6 Å². The molecule has 1 aromatic rings. The highest BCUT2D eigenvalue weighted by Gasteiger charge is 2.05. The molecule has 8 heteroatoms. The van der Waals surface area contributed by atoms with Crippen molar-refractivity contribution >= 4 is 66.0 Å². The van der Waals surface area contributed by atoms with Gasteiger partial charge in [0.05, 0.1) is 0 Å². The number of benzene rings is 1. The van der Waals surface area contributed by atoms with E-state index in [0.717, 1.165) is 29.4 Å². The highest BCUT2D eigenvalue weighted by molar-refractivity contribution is 8.77. The van der Waals surface area contributed by atoms with Gasteiger partial charge in [-0.15, -0.1) is 0 Å². The summed E-state index contributed by atoms with van der Waals surface area (Å²) in [6, 6.07) is 9.72. The fourth-order valence-electron chi connectivity index (χ4n) is 1.91. The molecule has 1 rings (SSSR count). The van der Waals surface area contributed by atoms with Gasteiger partial charge in [-0.2, -0.15) is 0 Å². The Morgan fingerprint density at radius 2 is 1.45 bits per heavy atom. The number of hydrogen-bond donors (Lipinski definition) is 1. The molecule has 0 spiro atoms. The fraction of sp³-hybridized carbons (Fsp3) is 0.619. The monoisotopic (exact) mass is 493 g/mol. The molecular weight excluding hydrogens is 459 g/mol. The van der Waals surface area contributed by atoms with Gasteiger partial charge in [0, 0.05) is 47.3 Å². The van der Waals surface area contributed by atoms with Crippen LogP contribution in [0.5, 0.6) is 0 Å². The van der Waals surface area contributed by atoms with Gasteiger partial charge in [-0.05, 0) is 18.6 Å². The smallest absolute Gasteiger partial charge is 0.220 e. The number of rotatable bonds is 15. The van der Waals surface area contributed by atoms with E-state index < -0.39 is 0 Å². The van der Waals surface area contributed by atoms with Gasteiger partial charge in [0.1, 0.15) is 0 Å². The molecule has 3 nitrogen and oxygen atoms in total. The van der Waals surface area contributed by atoms with Crippen LogP contribution < -0.4 is 5.32 Å². The van der Waals surface area contributed by atoms with Crippen LogP contribution in [0.4, 0.5) is 0 Å². The molecular formula is C21H35NO2S5. The van der Waals surface area contributed by atoms with Gasteiger partial charge < -0.3 is 5.32 Å². The minimum atomic E-state index is 0.130. The Labute approximate surface area is 197 Å². The summed E-state index contributed by atoms with van der Waals surface area (Å²) in [6.45, 7) is 7.29. The summed E-state index contributed by atoms with van der Waals surface area (Å²) in [4.78, 5) is 24.4. The molecule has 0 heterocycles. The second-order valence-electron chi connectivity index (χ2n) is 5.80. The van der Waals surface area contributed by atoms with Crippen LogP contribution in [0.3, 0.4) is 0 Å². The quantitative estimate of drug-likeness (QED) is 0.158. The zero-order chi connectivity index (χ0) is 21.6. The van der Waals surface area contributed by atoms with E-state index in [0.29, 0.717) is 12.8 Å². The van der Waals surface area contributed by atoms with E-state index in [1.807, 2.05) is 51.9 Å². The molecule has 29 heavy (non-hydrogen) atoms. The minimum absolute atomic E-state index is 0.130. The van der Waals surface area contributed by atoms with Gasteiger partial charge in [-0.25, -0.2) is 0 Å². The van der Waals surface area contributed by atoms with E-state index >= 15 is 0 Å². The predicted molar refractivity (Wildman–Crippen MR) is 140 cm³/mol. The first-order valence-electron chi connectivity index (χ1n) is 10.1. The molecule has 0 unspecified atom stereocenters. The third-order valence-corrected chi connectivity index (χ3v) is 9.18. The van der Waals surface area contributed by atoms with Crippen molar-refractivity contribution in [3.8, 4) is 0 Å². The number of unbranched alkanes of at least 4 members (excludes halogenated alkanes) is 2. The molecule has 1 aromatic carbocycles. The Kier molecular flexibility index (Phi) is 22.9. The number of carbonyl (C=O) groups is 2. The van der Waals surface area contributed by atoms with E-state index in [9.17, 15) is 9.59 Å². The van der Waals surface area contributed by atoms with Gasteiger partial charge in [-0.3, -0.25) is 9.59 Å². The highest BCUT2D eigenvalue weighted by Crippen LogP contribution is 2.25. The van der Waals surface area contributed by atoms with Crippen molar-refractivity contribution in [2.75, 3.05) is 29.6 Å².